The summed E-state index contributed by atoms with van der Waals surface area (Å²) in [4.78, 5) is 43.2. The number of hydrogen-bond acceptors (Lipinski definition) is 13. The Balaban J connectivity index is 0.000000254. The molecule has 0 atom stereocenters. The highest BCUT2D eigenvalue weighted by Crippen LogP contribution is 2.31. The fraction of sp³-hybridized carbons (Fsp3) is 0.288. The van der Waals surface area contributed by atoms with E-state index < -0.39 is 5.54 Å². The van der Waals surface area contributed by atoms with Crippen LogP contribution in [0, 0.1) is 25.2 Å². The van der Waals surface area contributed by atoms with Crippen LogP contribution in [0.1, 0.15) is 71.9 Å². The molecule has 0 amide bonds. The van der Waals surface area contributed by atoms with Crippen LogP contribution in [0.5, 0.6) is 0 Å². The lowest BCUT2D eigenvalue weighted by molar-refractivity contribution is 0.433. The average Bonchev–Trinajstić information content (AvgIpc) is 4.06. The minimum Gasteiger partial charge on any atom is -0.354 e. The van der Waals surface area contributed by atoms with Gasteiger partial charge in [0.05, 0.1) is 41.2 Å². The SMILES string of the molecule is CCC(CC)n1cc(-c2cnc(C)c(-c3cc(-c4ccc(CNCCF)cc4)no3)n2)ccc1=O.CNCc1ccc(-c2cc(-c3nc(-c4ccc(=O)n(C(C)(C)C#N)c4)cnc3C)on2)cc1.[HH].[HH]. The van der Waals surface area contributed by atoms with E-state index >= 15 is 0 Å². The minimum atomic E-state index is -0.989. The van der Waals surface area contributed by atoms with Crippen molar-refractivity contribution in [2.75, 3.05) is 20.3 Å². The smallest absolute Gasteiger partial charge is 0.251 e. The molecule has 6 heterocycles. The van der Waals surface area contributed by atoms with Crippen molar-refractivity contribution in [3.8, 4) is 74.0 Å². The first-order valence-electron chi connectivity index (χ1n) is 22.4. The molecular formula is C52H58FN11O4. The molecule has 68 heavy (non-hydrogen) atoms. The number of halogens is 1. The van der Waals surface area contributed by atoms with Crippen LogP contribution in [0.2, 0.25) is 0 Å². The fourth-order valence-electron chi connectivity index (χ4n) is 7.53. The molecule has 0 saturated carbocycles. The lowest BCUT2D eigenvalue weighted by Gasteiger charge is -2.19. The van der Waals surface area contributed by atoms with E-state index in [2.05, 4.69) is 50.8 Å². The number of hydrogen-bond donors (Lipinski definition) is 2. The van der Waals surface area contributed by atoms with Gasteiger partial charge in [-0.05, 0) is 70.8 Å². The Morgan fingerprint density at radius 2 is 1.19 bits per heavy atom. The molecule has 352 valence electrons. The van der Waals surface area contributed by atoms with Crippen molar-refractivity contribution in [2.24, 2.45) is 0 Å². The number of rotatable bonds is 16. The molecule has 2 aromatic carbocycles. The summed E-state index contributed by atoms with van der Waals surface area (Å²) in [6.07, 6.45) is 8.59. The van der Waals surface area contributed by atoms with E-state index in [1.54, 1.807) is 55.2 Å². The number of nitrogens with zero attached hydrogens (tertiary/aromatic N) is 9. The molecule has 0 aliphatic carbocycles. The normalized spacial score (nSPS) is 11.4. The summed E-state index contributed by atoms with van der Waals surface area (Å²) in [6.45, 7) is 12.6. The fourth-order valence-corrected chi connectivity index (χ4v) is 7.53. The number of benzene rings is 2. The summed E-state index contributed by atoms with van der Waals surface area (Å²) in [7, 11) is 1.91. The second-order valence-electron chi connectivity index (χ2n) is 16.8. The van der Waals surface area contributed by atoms with Crippen LogP contribution in [-0.2, 0) is 18.6 Å². The van der Waals surface area contributed by atoms with E-state index in [9.17, 15) is 19.2 Å². The number of nitrogens with one attached hydrogen (secondary N) is 2. The quantitative estimate of drug-likeness (QED) is 0.0870. The third-order valence-electron chi connectivity index (χ3n) is 11.5. The monoisotopic (exact) mass is 919 g/mol. The molecule has 8 rings (SSSR count). The van der Waals surface area contributed by atoms with Crippen molar-refractivity contribution < 1.29 is 16.3 Å². The van der Waals surface area contributed by atoms with E-state index in [0.29, 0.717) is 70.0 Å². The standard InChI is InChI=1S/C27H30FN5O2.C25H24N6O2.2H2/c1-4-22(5-2)33-17-21(10-11-26(33)34)24-16-30-18(3)27(31-24)25-14-23(32-35-25)20-8-6-19(7-9-20)15-29-13-12-28;1-16-24(22-11-20(30-33-22)18-7-5-17(6-8-18)12-27-4)29-21(13-28-16)19-9-10-23(32)31(14-19)25(2,3)15-26;;/h6-11,14,16-17,22,29H,4-5,12-13,15H2,1-3H3;5-11,13-14,27H,12H2,1-4H3;2*1H. The Morgan fingerprint density at radius 3 is 1.68 bits per heavy atom. The predicted octanol–water partition coefficient (Wildman–Crippen LogP) is 9.76. The summed E-state index contributed by atoms with van der Waals surface area (Å²) in [5.41, 5.74) is 9.53. The molecule has 16 heteroatoms. The summed E-state index contributed by atoms with van der Waals surface area (Å²) < 4.78 is 26.7. The van der Waals surface area contributed by atoms with Crippen molar-refractivity contribution in [1.82, 2.24) is 50.0 Å². The van der Waals surface area contributed by atoms with Gasteiger partial charge in [0.1, 0.15) is 35.0 Å². The molecule has 0 bridgehead atoms. The van der Waals surface area contributed by atoms with Gasteiger partial charge in [0.25, 0.3) is 11.1 Å². The number of aromatic nitrogens is 8. The van der Waals surface area contributed by atoms with Crippen molar-refractivity contribution in [3.05, 3.63) is 153 Å². The predicted molar refractivity (Wildman–Crippen MR) is 264 cm³/mol. The van der Waals surface area contributed by atoms with Gasteiger partial charge in [0, 0.05) is 87.4 Å². The summed E-state index contributed by atoms with van der Waals surface area (Å²) in [6, 6.07) is 28.4. The number of nitriles is 1. The molecule has 2 N–H and O–H groups in total. The minimum absolute atomic E-state index is 0. The Bertz CT molecular complexity index is 3160. The highest BCUT2D eigenvalue weighted by molar-refractivity contribution is 5.70. The lowest BCUT2D eigenvalue weighted by Crippen LogP contribution is -2.34. The van der Waals surface area contributed by atoms with Gasteiger partial charge in [0.2, 0.25) is 0 Å². The number of alkyl halides is 1. The zero-order valence-electron chi connectivity index (χ0n) is 39.2. The summed E-state index contributed by atoms with van der Waals surface area (Å²) >= 11 is 0. The summed E-state index contributed by atoms with van der Waals surface area (Å²) in [5.74, 6) is 1.02. The third-order valence-corrected chi connectivity index (χ3v) is 11.5. The molecule has 8 aromatic rings. The van der Waals surface area contributed by atoms with Crippen molar-refractivity contribution in [1.29, 1.82) is 5.26 Å². The molecule has 0 aliphatic rings. The molecule has 0 saturated heterocycles. The van der Waals surface area contributed by atoms with Crippen LogP contribution >= 0.6 is 0 Å². The summed E-state index contributed by atoms with van der Waals surface area (Å²) in [5, 5.41) is 24.0. The first-order valence-corrected chi connectivity index (χ1v) is 22.4. The zero-order valence-corrected chi connectivity index (χ0v) is 39.2. The van der Waals surface area contributed by atoms with Crippen LogP contribution in [0.15, 0.2) is 128 Å². The van der Waals surface area contributed by atoms with Crippen LogP contribution in [-0.4, -0.2) is 59.7 Å². The first kappa shape index (κ1) is 48.2. The van der Waals surface area contributed by atoms with Crippen molar-refractivity contribution in [2.45, 2.75) is 79.1 Å². The van der Waals surface area contributed by atoms with E-state index in [0.717, 1.165) is 47.3 Å². The van der Waals surface area contributed by atoms with Gasteiger partial charge in [-0.2, -0.15) is 5.26 Å². The molecule has 0 fully saturated rings. The van der Waals surface area contributed by atoms with Crippen LogP contribution in [0.3, 0.4) is 0 Å². The van der Waals surface area contributed by atoms with Crippen LogP contribution in [0.25, 0.3) is 67.9 Å². The molecule has 6 aromatic heterocycles. The Kier molecular flexibility index (Phi) is 15.4. The number of aryl methyl sites for hydroxylation is 2. The van der Waals surface area contributed by atoms with E-state index in [-0.39, 0.29) is 26.7 Å². The Labute approximate surface area is 396 Å². The highest BCUT2D eigenvalue weighted by atomic mass is 19.1. The van der Waals surface area contributed by atoms with E-state index in [1.165, 1.54) is 16.2 Å². The largest absolute Gasteiger partial charge is 0.354 e. The lowest BCUT2D eigenvalue weighted by atomic mass is 10.1. The third kappa shape index (κ3) is 11.1. The van der Waals surface area contributed by atoms with Gasteiger partial charge in [0.15, 0.2) is 11.5 Å². The Hall–Kier alpha value is -7.74. The van der Waals surface area contributed by atoms with Crippen LogP contribution < -0.4 is 21.8 Å². The highest BCUT2D eigenvalue weighted by Gasteiger charge is 2.22. The van der Waals surface area contributed by atoms with Gasteiger partial charge in [-0.1, -0.05) is 72.7 Å². The second kappa shape index (κ2) is 21.7. The topological polar surface area (TPSA) is 195 Å². The average molecular weight is 920 g/mol. The first-order chi connectivity index (χ1) is 32.9. The maximum atomic E-state index is 12.4. The van der Waals surface area contributed by atoms with Crippen LogP contribution in [0.4, 0.5) is 4.39 Å². The van der Waals surface area contributed by atoms with Gasteiger partial charge < -0.3 is 24.2 Å². The second-order valence-corrected chi connectivity index (χ2v) is 16.8. The van der Waals surface area contributed by atoms with Gasteiger partial charge in [-0.15, -0.1) is 0 Å². The maximum absolute atomic E-state index is 12.4. The van der Waals surface area contributed by atoms with E-state index in [4.69, 9.17) is 19.0 Å². The molecule has 0 aliphatic heterocycles. The molecule has 15 nitrogen and oxygen atoms in total. The van der Waals surface area contributed by atoms with Gasteiger partial charge in [-0.25, -0.2) is 14.4 Å². The number of pyridine rings is 2. The molecule has 0 spiro atoms. The Morgan fingerprint density at radius 1 is 0.706 bits per heavy atom. The molecule has 0 radical (unpaired) electrons. The van der Waals surface area contributed by atoms with Gasteiger partial charge >= 0.3 is 0 Å². The maximum Gasteiger partial charge on any atom is 0.251 e. The zero-order chi connectivity index (χ0) is 48.4. The van der Waals surface area contributed by atoms with Crippen molar-refractivity contribution >= 4 is 0 Å². The molecular weight excluding hydrogens is 862 g/mol. The molecule has 0 unspecified atom stereocenters. The van der Waals surface area contributed by atoms with Crippen molar-refractivity contribution in [3.63, 3.8) is 0 Å². The van der Waals surface area contributed by atoms with Gasteiger partial charge in [-0.3, -0.25) is 24.1 Å². The van der Waals surface area contributed by atoms with E-state index in [1.807, 2.05) is 87.8 Å².